The molecule has 0 heterocycles. The molecule has 1 N–H and O–H groups in total. The first-order valence-corrected chi connectivity index (χ1v) is 4.34. The Bertz CT molecular complexity index is 187. The Morgan fingerprint density at radius 2 is 1.92 bits per heavy atom. The fraction of sp³-hybridized carbons (Fsp3) is 0.700. The molecular formula is C10H19NO. The Balaban J connectivity index is 4.12. The van der Waals surface area contributed by atoms with Crippen molar-refractivity contribution in [2.45, 2.75) is 46.6 Å². The van der Waals surface area contributed by atoms with Crippen LogP contribution in [0, 0.1) is 0 Å². The van der Waals surface area contributed by atoms with Crippen LogP contribution in [0.15, 0.2) is 11.8 Å². The molecule has 70 valence electrons. The molecule has 0 radical (unpaired) electrons. The van der Waals surface area contributed by atoms with Gasteiger partial charge in [0.15, 0.2) is 5.78 Å². The summed E-state index contributed by atoms with van der Waals surface area (Å²) in [6, 6.07) is 0. The number of nitrogens with one attached hydrogen (secondary N) is 1. The van der Waals surface area contributed by atoms with Gasteiger partial charge in [-0.3, -0.25) is 4.79 Å². The maximum Gasteiger partial charge on any atom is 0.157 e. The van der Waals surface area contributed by atoms with Gasteiger partial charge in [-0.05, 0) is 33.8 Å². The fourth-order valence-electron chi connectivity index (χ4n) is 0.971. The first-order chi connectivity index (χ1) is 5.35. The number of carbonyl (C=O) groups is 1. The molecule has 0 bridgehead atoms. The standard InChI is InChI=1S/C10H19NO/c1-6-9(12)7-8(2)11-10(3,4)5/h7,11H,6H2,1-5H3/b8-7+. The molecule has 0 amide bonds. The largest absolute Gasteiger partial charge is 0.384 e. The van der Waals surface area contributed by atoms with Gasteiger partial charge in [0.25, 0.3) is 0 Å². The maximum absolute atomic E-state index is 11.0. The van der Waals surface area contributed by atoms with Crippen LogP contribution in [-0.4, -0.2) is 11.3 Å². The summed E-state index contributed by atoms with van der Waals surface area (Å²) in [6.07, 6.45) is 2.23. The highest BCUT2D eigenvalue weighted by atomic mass is 16.1. The lowest BCUT2D eigenvalue weighted by Crippen LogP contribution is -2.34. The van der Waals surface area contributed by atoms with Crippen molar-refractivity contribution in [2.75, 3.05) is 0 Å². The van der Waals surface area contributed by atoms with Crippen LogP contribution in [0.4, 0.5) is 0 Å². The summed E-state index contributed by atoms with van der Waals surface area (Å²) in [4.78, 5) is 11.0. The highest BCUT2D eigenvalue weighted by molar-refractivity contribution is 5.89. The topological polar surface area (TPSA) is 29.1 Å². The van der Waals surface area contributed by atoms with Gasteiger partial charge >= 0.3 is 0 Å². The lowest BCUT2D eigenvalue weighted by atomic mass is 10.1. The van der Waals surface area contributed by atoms with Gasteiger partial charge in [0.1, 0.15) is 0 Å². The van der Waals surface area contributed by atoms with Crippen LogP contribution in [0.5, 0.6) is 0 Å². The first-order valence-electron chi connectivity index (χ1n) is 4.34. The van der Waals surface area contributed by atoms with Crippen molar-refractivity contribution in [1.82, 2.24) is 5.32 Å². The van der Waals surface area contributed by atoms with Crippen molar-refractivity contribution < 1.29 is 4.79 Å². The SMILES string of the molecule is CCC(=O)/C=C(\C)NC(C)(C)C. The lowest BCUT2D eigenvalue weighted by Gasteiger charge is -2.22. The molecule has 0 saturated carbocycles. The summed E-state index contributed by atoms with van der Waals surface area (Å²) in [5.74, 6) is 0.171. The van der Waals surface area contributed by atoms with E-state index in [0.29, 0.717) is 6.42 Å². The lowest BCUT2D eigenvalue weighted by molar-refractivity contribution is -0.114. The van der Waals surface area contributed by atoms with E-state index in [4.69, 9.17) is 0 Å². The molecule has 12 heavy (non-hydrogen) atoms. The molecule has 0 saturated heterocycles. The van der Waals surface area contributed by atoms with Crippen LogP contribution in [0.2, 0.25) is 0 Å². The molecule has 0 spiro atoms. The highest BCUT2D eigenvalue weighted by Gasteiger charge is 2.08. The average molecular weight is 169 g/mol. The van der Waals surface area contributed by atoms with E-state index < -0.39 is 0 Å². The third kappa shape index (κ3) is 5.96. The van der Waals surface area contributed by atoms with Gasteiger partial charge in [-0.15, -0.1) is 0 Å². The molecule has 0 atom stereocenters. The molecule has 0 aliphatic heterocycles. The summed E-state index contributed by atoms with van der Waals surface area (Å²) in [7, 11) is 0. The van der Waals surface area contributed by atoms with E-state index in [0.717, 1.165) is 5.70 Å². The summed E-state index contributed by atoms with van der Waals surface area (Å²) in [6.45, 7) is 9.99. The number of allylic oxidation sites excluding steroid dienone is 2. The van der Waals surface area contributed by atoms with Gasteiger partial charge in [-0.25, -0.2) is 0 Å². The molecule has 2 nitrogen and oxygen atoms in total. The minimum absolute atomic E-state index is 0.0363. The van der Waals surface area contributed by atoms with Crippen LogP contribution in [-0.2, 0) is 4.79 Å². The average Bonchev–Trinajstić information content (AvgIpc) is 1.82. The van der Waals surface area contributed by atoms with Crippen molar-refractivity contribution in [1.29, 1.82) is 0 Å². The molecule has 0 unspecified atom stereocenters. The van der Waals surface area contributed by atoms with E-state index in [2.05, 4.69) is 26.1 Å². The van der Waals surface area contributed by atoms with Crippen molar-refractivity contribution in [3.8, 4) is 0 Å². The van der Waals surface area contributed by atoms with E-state index in [1.54, 1.807) is 6.08 Å². The van der Waals surface area contributed by atoms with Gasteiger partial charge in [-0.2, -0.15) is 0 Å². The van der Waals surface area contributed by atoms with Crippen molar-refractivity contribution >= 4 is 5.78 Å². The van der Waals surface area contributed by atoms with Crippen LogP contribution >= 0.6 is 0 Å². The van der Waals surface area contributed by atoms with Crippen LogP contribution < -0.4 is 5.32 Å². The third-order valence-corrected chi connectivity index (χ3v) is 1.30. The van der Waals surface area contributed by atoms with Gasteiger partial charge < -0.3 is 5.32 Å². The van der Waals surface area contributed by atoms with Gasteiger partial charge in [0.2, 0.25) is 0 Å². The molecule has 0 aromatic heterocycles. The zero-order valence-corrected chi connectivity index (χ0v) is 8.69. The normalized spacial score (nSPS) is 12.9. The molecular weight excluding hydrogens is 150 g/mol. The summed E-state index contributed by atoms with van der Waals surface area (Å²) < 4.78 is 0. The van der Waals surface area contributed by atoms with E-state index in [-0.39, 0.29) is 11.3 Å². The van der Waals surface area contributed by atoms with Gasteiger partial charge in [-0.1, -0.05) is 6.92 Å². The van der Waals surface area contributed by atoms with Gasteiger partial charge in [0, 0.05) is 17.7 Å². The number of hydrogen-bond acceptors (Lipinski definition) is 2. The monoisotopic (exact) mass is 169 g/mol. The molecule has 0 aromatic rings. The first kappa shape index (κ1) is 11.2. The van der Waals surface area contributed by atoms with E-state index in [1.807, 2.05) is 13.8 Å². The fourth-order valence-corrected chi connectivity index (χ4v) is 0.971. The third-order valence-electron chi connectivity index (χ3n) is 1.30. The Kier molecular flexibility index (Phi) is 4.01. The minimum atomic E-state index is 0.0363. The summed E-state index contributed by atoms with van der Waals surface area (Å²) >= 11 is 0. The molecule has 0 aromatic carbocycles. The second kappa shape index (κ2) is 4.29. The van der Waals surface area contributed by atoms with E-state index >= 15 is 0 Å². The summed E-state index contributed by atoms with van der Waals surface area (Å²) in [5.41, 5.74) is 0.976. The van der Waals surface area contributed by atoms with Crippen LogP contribution in [0.25, 0.3) is 0 Å². The van der Waals surface area contributed by atoms with Crippen LogP contribution in [0.1, 0.15) is 41.0 Å². The Morgan fingerprint density at radius 1 is 1.42 bits per heavy atom. The number of rotatable bonds is 3. The molecule has 2 heteroatoms. The van der Waals surface area contributed by atoms with Crippen molar-refractivity contribution in [3.05, 3.63) is 11.8 Å². The minimum Gasteiger partial charge on any atom is -0.384 e. The molecule has 0 rings (SSSR count). The Hall–Kier alpha value is -0.790. The Labute approximate surface area is 75.0 Å². The van der Waals surface area contributed by atoms with Gasteiger partial charge in [0.05, 0.1) is 0 Å². The van der Waals surface area contributed by atoms with Crippen molar-refractivity contribution in [3.63, 3.8) is 0 Å². The number of hydrogen-bond donors (Lipinski definition) is 1. The van der Waals surface area contributed by atoms with Crippen LogP contribution in [0.3, 0.4) is 0 Å². The number of ketones is 1. The van der Waals surface area contributed by atoms with E-state index in [1.165, 1.54) is 0 Å². The Morgan fingerprint density at radius 3 is 2.25 bits per heavy atom. The predicted octanol–water partition coefficient (Wildman–Crippen LogP) is 2.26. The van der Waals surface area contributed by atoms with Crippen molar-refractivity contribution in [2.24, 2.45) is 0 Å². The zero-order chi connectivity index (χ0) is 9.78. The maximum atomic E-state index is 11.0. The van der Waals surface area contributed by atoms with E-state index in [9.17, 15) is 4.79 Å². The predicted molar refractivity (Wildman–Crippen MR) is 51.9 cm³/mol. The zero-order valence-electron chi connectivity index (χ0n) is 8.69. The highest BCUT2D eigenvalue weighted by Crippen LogP contribution is 2.03. The second-order valence-corrected chi connectivity index (χ2v) is 4.02. The molecule has 0 aliphatic carbocycles. The summed E-state index contributed by atoms with van der Waals surface area (Å²) in [5, 5.41) is 3.22. The second-order valence-electron chi connectivity index (χ2n) is 4.02. The molecule has 0 aliphatic rings. The number of carbonyl (C=O) groups excluding carboxylic acids is 1. The molecule has 0 fully saturated rings. The smallest absolute Gasteiger partial charge is 0.157 e. The quantitative estimate of drug-likeness (QED) is 0.656.